The summed E-state index contributed by atoms with van der Waals surface area (Å²) in [4.78, 5) is 13.4. The molecule has 0 aliphatic rings. The van der Waals surface area contributed by atoms with Crippen LogP contribution >= 0.6 is 23.2 Å². The summed E-state index contributed by atoms with van der Waals surface area (Å²) in [5, 5.41) is 1.43. The largest absolute Gasteiger partial charge is 0.481 e. The molecular formula is C27H24Cl2O3. The van der Waals surface area contributed by atoms with Crippen molar-refractivity contribution in [1.82, 2.24) is 0 Å². The molecule has 0 atom stereocenters. The standard InChI is InChI=1S/C27H24Cl2O3/c1-16-8-13-23-19(14-16)24(30)26(31-15-20-21(28)6-5-7-22(20)29)25(32-23)17-9-11-18(12-10-17)27(2,3)4/h5-14H,15H2,1-4H3. The number of hydrogen-bond donors (Lipinski definition) is 0. The Morgan fingerprint density at radius 1 is 0.938 bits per heavy atom. The Bertz CT molecular complexity index is 1330. The zero-order valence-electron chi connectivity index (χ0n) is 18.5. The molecule has 0 saturated carbocycles. The molecule has 0 fully saturated rings. The first kappa shape index (κ1) is 22.4. The molecule has 4 aromatic rings. The van der Waals surface area contributed by atoms with Crippen LogP contribution in [0.1, 0.15) is 37.5 Å². The minimum atomic E-state index is -0.229. The lowest BCUT2D eigenvalue weighted by molar-refractivity contribution is 0.298. The third kappa shape index (κ3) is 4.41. The highest BCUT2D eigenvalue weighted by Gasteiger charge is 2.20. The Kier molecular flexibility index (Phi) is 6.07. The van der Waals surface area contributed by atoms with Gasteiger partial charge < -0.3 is 9.15 Å². The maximum absolute atomic E-state index is 13.4. The van der Waals surface area contributed by atoms with Gasteiger partial charge in [-0.25, -0.2) is 0 Å². The molecule has 3 nitrogen and oxygen atoms in total. The van der Waals surface area contributed by atoms with Crippen molar-refractivity contribution in [3.05, 3.63) is 97.6 Å². The second kappa shape index (κ2) is 8.65. The molecule has 1 aromatic heterocycles. The third-order valence-electron chi connectivity index (χ3n) is 5.44. The molecule has 1 heterocycles. The number of rotatable bonds is 4. The highest BCUT2D eigenvalue weighted by atomic mass is 35.5. The molecule has 0 radical (unpaired) electrons. The molecule has 3 aromatic carbocycles. The van der Waals surface area contributed by atoms with Crippen molar-refractivity contribution >= 4 is 34.2 Å². The number of hydrogen-bond acceptors (Lipinski definition) is 3. The first-order valence-electron chi connectivity index (χ1n) is 10.4. The number of fused-ring (bicyclic) bond motifs is 1. The molecule has 0 saturated heterocycles. The fourth-order valence-corrected chi connectivity index (χ4v) is 4.06. The van der Waals surface area contributed by atoms with Gasteiger partial charge >= 0.3 is 0 Å². The lowest BCUT2D eigenvalue weighted by Gasteiger charge is -2.19. The van der Waals surface area contributed by atoms with Crippen LogP contribution in [0.25, 0.3) is 22.3 Å². The third-order valence-corrected chi connectivity index (χ3v) is 6.15. The summed E-state index contributed by atoms with van der Waals surface area (Å²) in [5.74, 6) is 0.526. The summed E-state index contributed by atoms with van der Waals surface area (Å²) in [6, 6.07) is 18.8. The van der Waals surface area contributed by atoms with Crippen LogP contribution in [0.5, 0.6) is 5.75 Å². The Morgan fingerprint density at radius 3 is 2.22 bits per heavy atom. The van der Waals surface area contributed by atoms with E-state index < -0.39 is 0 Å². The van der Waals surface area contributed by atoms with Crippen LogP contribution in [0.4, 0.5) is 0 Å². The van der Waals surface area contributed by atoms with Crippen LogP contribution in [0.2, 0.25) is 10.0 Å². The van der Waals surface area contributed by atoms with Gasteiger partial charge in [-0.2, -0.15) is 0 Å². The van der Waals surface area contributed by atoms with Crippen LogP contribution in [-0.4, -0.2) is 0 Å². The van der Waals surface area contributed by atoms with E-state index >= 15 is 0 Å². The molecule has 5 heteroatoms. The first-order valence-corrected chi connectivity index (χ1v) is 11.1. The summed E-state index contributed by atoms with van der Waals surface area (Å²) < 4.78 is 12.2. The number of halogens is 2. The van der Waals surface area contributed by atoms with E-state index in [0.717, 1.165) is 11.1 Å². The highest BCUT2D eigenvalue weighted by Crippen LogP contribution is 2.34. The molecule has 0 unspecified atom stereocenters. The molecule has 0 N–H and O–H groups in total. The van der Waals surface area contributed by atoms with Crippen LogP contribution < -0.4 is 10.2 Å². The SMILES string of the molecule is Cc1ccc2oc(-c3ccc(C(C)(C)C)cc3)c(OCc3c(Cl)cccc3Cl)c(=O)c2c1. The Morgan fingerprint density at radius 2 is 1.59 bits per heavy atom. The summed E-state index contributed by atoms with van der Waals surface area (Å²) in [7, 11) is 0. The van der Waals surface area contributed by atoms with Crippen molar-refractivity contribution in [3.63, 3.8) is 0 Å². The molecule has 164 valence electrons. The second-order valence-electron chi connectivity index (χ2n) is 8.91. The van der Waals surface area contributed by atoms with Gasteiger partial charge in [0, 0.05) is 21.2 Å². The molecule has 4 rings (SSSR count). The lowest BCUT2D eigenvalue weighted by Crippen LogP contribution is -2.12. The number of benzene rings is 3. The Labute approximate surface area is 197 Å². The average molecular weight is 467 g/mol. The molecule has 0 spiro atoms. The van der Waals surface area contributed by atoms with E-state index in [0.29, 0.717) is 32.3 Å². The monoisotopic (exact) mass is 466 g/mol. The van der Waals surface area contributed by atoms with Crippen LogP contribution in [0.15, 0.2) is 69.9 Å². The predicted octanol–water partition coefficient (Wildman–Crippen LogP) is 7.95. The highest BCUT2D eigenvalue weighted by molar-refractivity contribution is 6.35. The first-order chi connectivity index (χ1) is 15.1. The minimum absolute atomic E-state index is 0.0143. The van der Waals surface area contributed by atoms with Gasteiger partial charge in [0.2, 0.25) is 11.2 Å². The van der Waals surface area contributed by atoms with Crippen molar-refractivity contribution in [2.24, 2.45) is 0 Å². The average Bonchev–Trinajstić information content (AvgIpc) is 2.74. The van der Waals surface area contributed by atoms with Gasteiger partial charge in [-0.15, -0.1) is 0 Å². The summed E-state index contributed by atoms with van der Waals surface area (Å²) in [6.07, 6.45) is 0. The Hall–Kier alpha value is -2.75. The quantitative estimate of drug-likeness (QED) is 0.306. The van der Waals surface area contributed by atoms with Gasteiger partial charge in [0.1, 0.15) is 12.2 Å². The Balaban J connectivity index is 1.85. The minimum Gasteiger partial charge on any atom is -0.481 e. The van der Waals surface area contributed by atoms with E-state index in [1.54, 1.807) is 18.2 Å². The molecule has 0 amide bonds. The van der Waals surface area contributed by atoms with Crippen LogP contribution in [0, 0.1) is 6.92 Å². The van der Waals surface area contributed by atoms with Crippen LogP contribution in [-0.2, 0) is 12.0 Å². The van der Waals surface area contributed by atoms with E-state index in [-0.39, 0.29) is 23.2 Å². The fourth-order valence-electron chi connectivity index (χ4n) is 3.55. The summed E-state index contributed by atoms with van der Waals surface area (Å²) in [5.41, 5.74) is 3.83. The number of ether oxygens (including phenoxy) is 1. The zero-order chi connectivity index (χ0) is 23.0. The molecule has 0 aliphatic heterocycles. The summed E-state index contributed by atoms with van der Waals surface area (Å²) >= 11 is 12.6. The van der Waals surface area contributed by atoms with Crippen molar-refractivity contribution in [2.75, 3.05) is 0 Å². The lowest BCUT2D eigenvalue weighted by atomic mass is 9.86. The molecule has 0 aliphatic carbocycles. The van der Waals surface area contributed by atoms with Gasteiger partial charge in [0.25, 0.3) is 0 Å². The maximum atomic E-state index is 13.4. The normalized spacial score (nSPS) is 11.7. The smallest absolute Gasteiger partial charge is 0.235 e. The van der Waals surface area contributed by atoms with Crippen molar-refractivity contribution in [3.8, 4) is 17.1 Å². The number of aryl methyl sites for hydroxylation is 1. The molecular weight excluding hydrogens is 443 g/mol. The predicted molar refractivity (Wildman–Crippen MR) is 132 cm³/mol. The van der Waals surface area contributed by atoms with Crippen molar-refractivity contribution in [2.45, 2.75) is 39.7 Å². The van der Waals surface area contributed by atoms with E-state index in [9.17, 15) is 4.79 Å². The van der Waals surface area contributed by atoms with Crippen molar-refractivity contribution in [1.29, 1.82) is 0 Å². The van der Waals surface area contributed by atoms with E-state index in [1.165, 1.54) is 5.56 Å². The van der Waals surface area contributed by atoms with Crippen LogP contribution in [0.3, 0.4) is 0 Å². The van der Waals surface area contributed by atoms with E-state index in [1.807, 2.05) is 49.4 Å². The second-order valence-corrected chi connectivity index (χ2v) is 9.72. The summed E-state index contributed by atoms with van der Waals surface area (Å²) in [6.45, 7) is 8.45. The van der Waals surface area contributed by atoms with Gasteiger partial charge in [-0.1, -0.05) is 85.9 Å². The molecule has 0 bridgehead atoms. The topological polar surface area (TPSA) is 39.4 Å². The van der Waals surface area contributed by atoms with Gasteiger partial charge in [0.05, 0.1) is 5.39 Å². The van der Waals surface area contributed by atoms with E-state index in [2.05, 4.69) is 20.8 Å². The van der Waals surface area contributed by atoms with Crippen molar-refractivity contribution < 1.29 is 9.15 Å². The fraction of sp³-hybridized carbons (Fsp3) is 0.222. The van der Waals surface area contributed by atoms with Gasteiger partial charge in [0.15, 0.2) is 5.76 Å². The van der Waals surface area contributed by atoms with E-state index in [4.69, 9.17) is 32.4 Å². The maximum Gasteiger partial charge on any atom is 0.235 e. The van der Waals surface area contributed by atoms with Gasteiger partial charge in [-0.05, 0) is 42.2 Å². The molecule has 32 heavy (non-hydrogen) atoms. The zero-order valence-corrected chi connectivity index (χ0v) is 20.0. The van der Waals surface area contributed by atoms with Gasteiger partial charge in [-0.3, -0.25) is 4.79 Å².